The number of aryl methyl sites for hydroxylation is 1. The van der Waals surface area contributed by atoms with E-state index in [1.54, 1.807) is 35.7 Å². The molecule has 0 atom stereocenters. The average molecular weight is 408 g/mol. The van der Waals surface area contributed by atoms with Gasteiger partial charge in [-0.05, 0) is 30.7 Å². The Labute approximate surface area is 171 Å². The summed E-state index contributed by atoms with van der Waals surface area (Å²) in [7, 11) is 0. The number of pyridine rings is 2. The van der Waals surface area contributed by atoms with Gasteiger partial charge in [0.05, 0.1) is 11.1 Å². The van der Waals surface area contributed by atoms with E-state index in [9.17, 15) is 14.4 Å². The third kappa shape index (κ3) is 3.19. The van der Waals surface area contributed by atoms with E-state index in [4.69, 9.17) is 11.5 Å². The van der Waals surface area contributed by atoms with Crippen molar-refractivity contribution in [1.29, 1.82) is 0 Å². The van der Waals surface area contributed by atoms with Crippen LogP contribution >= 0.6 is 0 Å². The fraction of sp³-hybridized carbons (Fsp3) is 0.263. The summed E-state index contributed by atoms with van der Waals surface area (Å²) in [4.78, 5) is 42.9. The molecular formula is C19H20N8O3. The Morgan fingerprint density at radius 3 is 2.73 bits per heavy atom. The predicted molar refractivity (Wildman–Crippen MR) is 106 cm³/mol. The normalized spacial score (nSPS) is 14.9. The zero-order valence-corrected chi connectivity index (χ0v) is 16.2. The molecule has 11 nitrogen and oxygen atoms in total. The molecule has 1 fully saturated rings. The number of likely N-dealkylation sites (tertiary alicyclic amines) is 1. The molecule has 5 N–H and O–H groups in total. The maximum absolute atomic E-state index is 12.7. The first-order chi connectivity index (χ1) is 14.3. The highest BCUT2D eigenvalue weighted by atomic mass is 16.2. The average Bonchev–Trinajstić information content (AvgIpc) is 3.15. The molecule has 1 saturated heterocycles. The molecule has 0 bridgehead atoms. The third-order valence-corrected chi connectivity index (χ3v) is 5.31. The minimum Gasteiger partial charge on any atom is -0.384 e. The number of carbonyl (C=O) groups excluding carboxylic acids is 3. The van der Waals surface area contributed by atoms with Crippen LogP contribution in [0.4, 0.5) is 5.82 Å². The van der Waals surface area contributed by atoms with Crippen LogP contribution in [-0.4, -0.2) is 61.8 Å². The number of rotatable bonds is 5. The lowest BCUT2D eigenvalue weighted by atomic mass is 9.78. The van der Waals surface area contributed by atoms with Gasteiger partial charge < -0.3 is 21.7 Å². The van der Waals surface area contributed by atoms with Crippen molar-refractivity contribution < 1.29 is 14.4 Å². The SMILES string of the molecule is Cc1cc(N)ncc1C(=O)N1CC(CNC(=O)c2cccn3cnnc23)(C(N)=O)C1. The highest BCUT2D eigenvalue weighted by Gasteiger charge is 2.50. The van der Waals surface area contributed by atoms with Gasteiger partial charge in [-0.25, -0.2) is 4.98 Å². The molecule has 11 heteroatoms. The first-order valence-corrected chi connectivity index (χ1v) is 9.18. The molecule has 0 saturated carbocycles. The van der Waals surface area contributed by atoms with Crippen LogP contribution in [0.25, 0.3) is 5.65 Å². The number of primary amides is 1. The number of nitrogens with one attached hydrogen (secondary N) is 1. The number of anilines is 1. The summed E-state index contributed by atoms with van der Waals surface area (Å²) < 4.78 is 1.62. The zero-order chi connectivity index (χ0) is 21.5. The molecule has 0 aromatic carbocycles. The van der Waals surface area contributed by atoms with Crippen LogP contribution in [0.3, 0.4) is 0 Å². The second kappa shape index (κ2) is 7.10. The van der Waals surface area contributed by atoms with Crippen LogP contribution < -0.4 is 16.8 Å². The first kappa shape index (κ1) is 19.3. The minimum absolute atomic E-state index is 0.000885. The van der Waals surface area contributed by atoms with E-state index >= 15 is 0 Å². The maximum atomic E-state index is 12.7. The highest BCUT2D eigenvalue weighted by Crippen LogP contribution is 2.31. The Bertz CT molecular complexity index is 1170. The minimum atomic E-state index is -1.04. The van der Waals surface area contributed by atoms with E-state index < -0.39 is 17.2 Å². The summed E-state index contributed by atoms with van der Waals surface area (Å²) in [5, 5.41) is 10.4. The molecule has 4 rings (SSSR count). The van der Waals surface area contributed by atoms with Gasteiger partial charge in [-0.3, -0.25) is 18.8 Å². The van der Waals surface area contributed by atoms with Gasteiger partial charge in [0.2, 0.25) is 5.91 Å². The Kier molecular flexibility index (Phi) is 4.57. The smallest absolute Gasteiger partial charge is 0.255 e. The Hall–Kier alpha value is -4.02. The number of fused-ring (bicyclic) bond motifs is 1. The molecule has 3 amide bonds. The summed E-state index contributed by atoms with van der Waals surface area (Å²) in [5.41, 5.74) is 12.0. The molecule has 3 aromatic heterocycles. The second-order valence-corrected chi connectivity index (χ2v) is 7.40. The van der Waals surface area contributed by atoms with Crippen molar-refractivity contribution in [3.8, 4) is 0 Å². The predicted octanol–water partition coefficient (Wildman–Crippen LogP) is -0.628. The van der Waals surface area contributed by atoms with Crippen molar-refractivity contribution in [2.45, 2.75) is 6.92 Å². The van der Waals surface area contributed by atoms with E-state index in [1.807, 2.05) is 0 Å². The van der Waals surface area contributed by atoms with Crippen molar-refractivity contribution in [3.05, 3.63) is 53.6 Å². The number of nitrogen functional groups attached to an aromatic ring is 1. The van der Waals surface area contributed by atoms with Gasteiger partial charge in [0, 0.05) is 32.0 Å². The number of carbonyl (C=O) groups is 3. The number of nitrogens with zero attached hydrogens (tertiary/aromatic N) is 5. The van der Waals surface area contributed by atoms with Crippen LogP contribution in [0.5, 0.6) is 0 Å². The zero-order valence-electron chi connectivity index (χ0n) is 16.2. The monoisotopic (exact) mass is 408 g/mol. The van der Waals surface area contributed by atoms with Crippen molar-refractivity contribution >= 4 is 29.2 Å². The summed E-state index contributed by atoms with van der Waals surface area (Å²) in [6.45, 7) is 1.96. The molecule has 154 valence electrons. The van der Waals surface area contributed by atoms with Crippen molar-refractivity contribution in [2.24, 2.45) is 11.1 Å². The van der Waals surface area contributed by atoms with E-state index in [0.717, 1.165) is 0 Å². The molecule has 30 heavy (non-hydrogen) atoms. The van der Waals surface area contributed by atoms with Crippen LogP contribution in [-0.2, 0) is 4.79 Å². The quantitative estimate of drug-likeness (QED) is 0.506. The van der Waals surface area contributed by atoms with E-state index in [0.29, 0.717) is 28.2 Å². The summed E-state index contributed by atoms with van der Waals surface area (Å²) >= 11 is 0. The van der Waals surface area contributed by atoms with Gasteiger partial charge in [-0.15, -0.1) is 10.2 Å². The molecule has 1 aliphatic heterocycles. The van der Waals surface area contributed by atoms with Crippen LogP contribution in [0.15, 0.2) is 36.9 Å². The molecule has 3 aromatic rings. The number of hydrogen-bond acceptors (Lipinski definition) is 7. The Balaban J connectivity index is 1.45. The second-order valence-electron chi connectivity index (χ2n) is 7.40. The molecule has 0 unspecified atom stereocenters. The van der Waals surface area contributed by atoms with Gasteiger partial charge in [0.15, 0.2) is 5.65 Å². The standard InChI is InChI=1S/C19H20N8O3/c1-11-5-14(20)22-6-13(11)17(29)27-8-19(9-27,18(21)30)7-23-16(28)12-3-2-4-26-10-24-25-15(12)26/h2-6,10H,7-9H2,1H3,(H2,20,22)(H2,21,30)(H,23,28). The topological polar surface area (TPSA) is 162 Å². The number of nitrogens with two attached hydrogens (primary N) is 2. The van der Waals surface area contributed by atoms with E-state index in [1.165, 1.54) is 17.4 Å². The number of amides is 3. The lowest BCUT2D eigenvalue weighted by Gasteiger charge is -2.48. The number of aromatic nitrogens is 4. The largest absolute Gasteiger partial charge is 0.384 e. The third-order valence-electron chi connectivity index (χ3n) is 5.31. The van der Waals surface area contributed by atoms with E-state index in [-0.39, 0.29) is 25.5 Å². The van der Waals surface area contributed by atoms with Crippen molar-refractivity contribution in [1.82, 2.24) is 29.8 Å². The Morgan fingerprint density at radius 1 is 1.27 bits per heavy atom. The fourth-order valence-corrected chi connectivity index (χ4v) is 3.53. The lowest BCUT2D eigenvalue weighted by molar-refractivity contribution is -0.135. The molecular weight excluding hydrogens is 388 g/mol. The molecule has 0 aliphatic carbocycles. The Morgan fingerprint density at radius 2 is 2.03 bits per heavy atom. The summed E-state index contributed by atoms with van der Waals surface area (Å²) in [6, 6.07) is 4.92. The maximum Gasteiger partial charge on any atom is 0.255 e. The van der Waals surface area contributed by atoms with Gasteiger partial charge in [-0.2, -0.15) is 0 Å². The highest BCUT2D eigenvalue weighted by molar-refractivity contribution is 6.00. The number of hydrogen-bond donors (Lipinski definition) is 3. The summed E-state index contributed by atoms with van der Waals surface area (Å²) in [5.74, 6) is -0.932. The first-order valence-electron chi connectivity index (χ1n) is 9.18. The van der Waals surface area contributed by atoms with Gasteiger partial charge >= 0.3 is 0 Å². The van der Waals surface area contributed by atoms with Crippen LogP contribution in [0, 0.1) is 12.3 Å². The molecule has 0 spiro atoms. The molecule has 1 aliphatic rings. The molecule has 0 radical (unpaired) electrons. The van der Waals surface area contributed by atoms with Crippen LogP contribution in [0.1, 0.15) is 26.3 Å². The van der Waals surface area contributed by atoms with Crippen LogP contribution in [0.2, 0.25) is 0 Å². The van der Waals surface area contributed by atoms with Crippen molar-refractivity contribution in [2.75, 3.05) is 25.4 Å². The molecule has 4 heterocycles. The van der Waals surface area contributed by atoms with E-state index in [2.05, 4.69) is 20.5 Å². The van der Waals surface area contributed by atoms with Gasteiger partial charge in [0.1, 0.15) is 17.6 Å². The lowest BCUT2D eigenvalue weighted by Crippen LogP contribution is -2.67. The summed E-state index contributed by atoms with van der Waals surface area (Å²) in [6.07, 6.45) is 4.62. The van der Waals surface area contributed by atoms with Gasteiger partial charge in [-0.1, -0.05) is 0 Å². The van der Waals surface area contributed by atoms with Crippen molar-refractivity contribution in [3.63, 3.8) is 0 Å². The van der Waals surface area contributed by atoms with Gasteiger partial charge in [0.25, 0.3) is 11.8 Å². The fourth-order valence-electron chi connectivity index (χ4n) is 3.53.